The van der Waals surface area contributed by atoms with Crippen LogP contribution in [0.1, 0.15) is 79.9 Å². The molecule has 4 aromatic rings. The average molecular weight is 827 g/mol. The number of carbonyl (C=O) groups excluding carboxylic acids is 4. The van der Waals surface area contributed by atoms with Gasteiger partial charge in [0.05, 0.1) is 35.0 Å². The first-order chi connectivity index (χ1) is 28.0. The molecule has 14 nitrogen and oxygen atoms in total. The van der Waals surface area contributed by atoms with Gasteiger partial charge in [-0.05, 0) is 66.3 Å². The lowest BCUT2D eigenvalue weighted by molar-refractivity contribution is -0.141. The third-order valence-corrected chi connectivity index (χ3v) is 14.4. The number of allylic oxidation sites excluding steroid dienone is 1. The number of carbonyl (C=O) groups is 4. The minimum Gasteiger partial charge on any atom is -0.491 e. The van der Waals surface area contributed by atoms with Gasteiger partial charge in [-0.2, -0.15) is 5.10 Å². The van der Waals surface area contributed by atoms with E-state index in [0.29, 0.717) is 36.1 Å². The van der Waals surface area contributed by atoms with Gasteiger partial charge in [0.2, 0.25) is 21.8 Å². The van der Waals surface area contributed by atoms with E-state index in [9.17, 15) is 32.4 Å². The van der Waals surface area contributed by atoms with E-state index in [1.54, 1.807) is 23.7 Å². The van der Waals surface area contributed by atoms with Crippen LogP contribution in [0.2, 0.25) is 0 Å². The topological polar surface area (TPSA) is 186 Å². The van der Waals surface area contributed by atoms with E-state index in [1.165, 1.54) is 28.0 Å². The fourth-order valence-corrected chi connectivity index (χ4v) is 10.3. The predicted molar refractivity (Wildman–Crippen MR) is 219 cm³/mol. The van der Waals surface area contributed by atoms with Gasteiger partial charge in [-0.1, -0.05) is 79.9 Å². The second-order valence-electron chi connectivity index (χ2n) is 15.6. The van der Waals surface area contributed by atoms with Gasteiger partial charge >= 0.3 is 5.56 Å². The number of thiophene rings is 1. The number of hydrogen-bond donors (Lipinski definition) is 3. The number of amides is 4. The van der Waals surface area contributed by atoms with Crippen LogP contribution in [0.25, 0.3) is 21.9 Å². The number of ether oxygens (including phenoxy) is 1. The molecule has 4 amide bonds. The van der Waals surface area contributed by atoms with Gasteiger partial charge in [0.25, 0.3) is 11.8 Å². The number of aromatic nitrogens is 2. The number of benzene rings is 2. The van der Waals surface area contributed by atoms with Gasteiger partial charge in [0.1, 0.15) is 17.6 Å². The number of fused-ring (bicyclic) bond motifs is 3. The molecule has 8 rings (SSSR count). The molecule has 5 atom stereocenters. The molecule has 2 aliphatic heterocycles. The molecular weight excluding hydrogens is 781 g/mol. The first-order valence-corrected chi connectivity index (χ1v) is 22.3. The van der Waals surface area contributed by atoms with Crippen molar-refractivity contribution in [2.75, 3.05) is 13.7 Å². The molecule has 0 radical (unpaired) electrons. The third kappa shape index (κ3) is 7.78. The molecule has 1 saturated heterocycles. The first-order valence-electron chi connectivity index (χ1n) is 19.8. The molecule has 0 bridgehead atoms. The first kappa shape index (κ1) is 39.5. The fourth-order valence-electron chi connectivity index (χ4n) is 8.33. The van der Waals surface area contributed by atoms with Gasteiger partial charge in [0, 0.05) is 18.9 Å². The minimum absolute atomic E-state index is 0.0452. The molecule has 2 aromatic heterocycles. The minimum atomic E-state index is -3.93. The summed E-state index contributed by atoms with van der Waals surface area (Å²) in [5.74, 6) is -2.83. The summed E-state index contributed by atoms with van der Waals surface area (Å²) in [5, 5.41) is 13.4. The van der Waals surface area contributed by atoms with Crippen molar-refractivity contribution in [3.8, 4) is 16.9 Å². The normalized spacial score (nSPS) is 25.9. The Kier molecular flexibility index (Phi) is 11.0. The zero-order valence-corrected chi connectivity index (χ0v) is 33.7. The number of hydrogen-bond acceptors (Lipinski definition) is 10. The highest BCUT2D eigenvalue weighted by Gasteiger charge is 2.62. The van der Waals surface area contributed by atoms with Crippen LogP contribution >= 0.6 is 11.3 Å². The van der Waals surface area contributed by atoms with E-state index in [1.807, 2.05) is 54.6 Å². The van der Waals surface area contributed by atoms with E-state index in [0.717, 1.165) is 42.0 Å². The highest BCUT2D eigenvalue weighted by Crippen LogP contribution is 2.46. The maximum Gasteiger partial charge on any atom is 0.310 e. The lowest BCUT2D eigenvalue weighted by Crippen LogP contribution is -2.58. The molecule has 2 aliphatic carbocycles. The summed E-state index contributed by atoms with van der Waals surface area (Å²) >= 11 is 1.25. The molecule has 3 N–H and O–H groups in total. The van der Waals surface area contributed by atoms with Crippen LogP contribution in [0.3, 0.4) is 0 Å². The fraction of sp³-hybridized carbons (Fsp3) is 0.429. The molecule has 0 spiro atoms. The number of sulfonamides is 1. The molecule has 2 saturated carbocycles. The summed E-state index contributed by atoms with van der Waals surface area (Å²) < 4.78 is 35.0. The number of methoxy groups -OCH3 is 1. The second-order valence-corrected chi connectivity index (χ2v) is 18.5. The van der Waals surface area contributed by atoms with Crippen molar-refractivity contribution < 1.29 is 32.3 Å². The van der Waals surface area contributed by atoms with Crippen LogP contribution in [0.15, 0.2) is 83.1 Å². The molecule has 2 aromatic carbocycles. The average Bonchev–Trinajstić information content (AvgIpc) is 4.07. The summed E-state index contributed by atoms with van der Waals surface area (Å²) in [6.45, 7) is -0.107. The lowest BCUT2D eigenvalue weighted by Gasteiger charge is -2.30. The van der Waals surface area contributed by atoms with E-state index in [4.69, 9.17) is 4.74 Å². The summed E-state index contributed by atoms with van der Waals surface area (Å²) in [6.07, 6.45) is 10.6. The SMILES string of the molecule is COc1c(-c2cccc3ccccc23)cnn([C@@H]2C[C@H]3C(=O)N[C@]4(C(=O)NS(=O)(=O)C5CC5)CC4/C=C\CCCCCC[C@H](NC(=O)c4cccs4)C(=O)N3C2)c1=O. The standard InChI is InChI=1S/C42H46N6O8S2/c1-56-36-32(31-16-10-13-26-12-8-9-15-30(26)31)24-43-48(40(36)52)28-22-34-37(49)45-42(41(53)46-58(54,55)29-19-20-29)23-27(42)14-6-4-2-3-5-7-17-33(39(51)47(34)25-28)44-38(50)35-18-11-21-57-35/h6,8-16,18,21,24,27-29,33-34H,2-5,7,17,19-20,22-23,25H2,1H3,(H,44,50)(H,45,49)(H,46,53)/b14-6-/t27?,28-,33+,34+,42-/m1/s1. The maximum absolute atomic E-state index is 14.7. The highest BCUT2D eigenvalue weighted by molar-refractivity contribution is 7.91. The molecule has 1 unspecified atom stereocenters. The van der Waals surface area contributed by atoms with E-state index < -0.39 is 74.0 Å². The Morgan fingerprint density at radius 3 is 2.53 bits per heavy atom. The van der Waals surface area contributed by atoms with Crippen molar-refractivity contribution in [3.05, 3.63) is 93.6 Å². The smallest absolute Gasteiger partial charge is 0.310 e. The number of nitrogens with zero attached hydrogens (tertiary/aromatic N) is 3. The summed E-state index contributed by atoms with van der Waals surface area (Å²) in [7, 11) is -2.52. The highest BCUT2D eigenvalue weighted by atomic mass is 32.2. The van der Waals surface area contributed by atoms with Gasteiger partial charge in [-0.15, -0.1) is 11.3 Å². The van der Waals surface area contributed by atoms with Crippen molar-refractivity contribution >= 4 is 55.8 Å². The molecule has 4 heterocycles. The Bertz CT molecular complexity index is 2440. The summed E-state index contributed by atoms with van der Waals surface area (Å²) in [4.78, 5) is 72.6. The molecular formula is C42H46N6O8S2. The van der Waals surface area contributed by atoms with Crippen molar-refractivity contribution in [3.63, 3.8) is 0 Å². The number of nitrogens with one attached hydrogen (secondary N) is 3. The molecule has 4 aliphatic rings. The van der Waals surface area contributed by atoms with E-state index >= 15 is 0 Å². The zero-order chi connectivity index (χ0) is 40.6. The van der Waals surface area contributed by atoms with Crippen LogP contribution in [-0.4, -0.2) is 83.3 Å². The Hall–Kier alpha value is -5.35. The van der Waals surface area contributed by atoms with Crippen LogP contribution in [0.5, 0.6) is 5.75 Å². The molecule has 304 valence electrons. The Labute approximate surface area is 340 Å². The largest absolute Gasteiger partial charge is 0.491 e. The monoisotopic (exact) mass is 826 g/mol. The van der Waals surface area contributed by atoms with Gasteiger partial charge < -0.3 is 20.3 Å². The van der Waals surface area contributed by atoms with Crippen LogP contribution in [-0.2, 0) is 24.4 Å². The quantitative estimate of drug-likeness (QED) is 0.216. The maximum atomic E-state index is 14.7. The molecule has 58 heavy (non-hydrogen) atoms. The van der Waals surface area contributed by atoms with E-state index in [-0.39, 0.29) is 25.1 Å². The predicted octanol–water partition coefficient (Wildman–Crippen LogP) is 4.47. The van der Waals surface area contributed by atoms with E-state index in [2.05, 4.69) is 20.5 Å². The summed E-state index contributed by atoms with van der Waals surface area (Å²) in [6, 6.07) is 13.9. The third-order valence-electron chi connectivity index (χ3n) is 11.7. The molecule has 16 heteroatoms. The van der Waals surface area contributed by atoms with Gasteiger partial charge in [0.15, 0.2) is 5.75 Å². The zero-order valence-electron chi connectivity index (χ0n) is 32.1. The van der Waals surface area contributed by atoms with Crippen molar-refractivity contribution in [1.82, 2.24) is 30.0 Å². The van der Waals surface area contributed by atoms with Crippen molar-refractivity contribution in [2.24, 2.45) is 5.92 Å². The summed E-state index contributed by atoms with van der Waals surface area (Å²) in [5.41, 5.74) is -0.872. The second kappa shape index (κ2) is 16.1. The van der Waals surface area contributed by atoms with Crippen molar-refractivity contribution in [1.29, 1.82) is 0 Å². The number of rotatable bonds is 8. The van der Waals surface area contributed by atoms with Crippen molar-refractivity contribution in [2.45, 2.75) is 93.1 Å². The van der Waals surface area contributed by atoms with Crippen LogP contribution in [0.4, 0.5) is 0 Å². The molecule has 3 fully saturated rings. The van der Waals surface area contributed by atoms with Crippen LogP contribution in [0, 0.1) is 5.92 Å². The van der Waals surface area contributed by atoms with Gasteiger partial charge in [-0.3, -0.25) is 28.7 Å². The Morgan fingerprint density at radius 1 is 0.966 bits per heavy atom. The van der Waals surface area contributed by atoms with Crippen LogP contribution < -0.4 is 25.7 Å². The Balaban J connectivity index is 1.15. The lowest BCUT2D eigenvalue weighted by atomic mass is 9.99. The Morgan fingerprint density at radius 2 is 1.76 bits per heavy atom. The van der Waals surface area contributed by atoms with Gasteiger partial charge in [-0.25, -0.2) is 13.1 Å².